The van der Waals surface area contributed by atoms with Gasteiger partial charge < -0.3 is 9.84 Å². The molecule has 3 aliphatic heterocycles. The molecule has 4 atom stereocenters. The molecule has 3 unspecified atom stereocenters. The molecular weight excluding hydrogens is 245 g/mol. The molecule has 3 heterocycles. The molecule has 0 spiro atoms. The molecule has 102 valence electrons. The van der Waals surface area contributed by atoms with Gasteiger partial charge in [0.1, 0.15) is 11.9 Å². The topological polar surface area (TPSA) is 32.7 Å². The van der Waals surface area contributed by atoms with Gasteiger partial charge in [0, 0.05) is 36.0 Å². The Morgan fingerprint density at radius 1 is 1.37 bits per heavy atom. The molecule has 0 amide bonds. The number of alkyl halides is 1. The zero-order valence-electron chi connectivity index (χ0n) is 10.8. The number of hydrogen-bond acceptors (Lipinski definition) is 3. The van der Waals surface area contributed by atoms with Crippen LogP contribution in [0.25, 0.3) is 0 Å². The number of para-hydroxylation sites is 1. The van der Waals surface area contributed by atoms with E-state index in [0.29, 0.717) is 25.5 Å². The highest BCUT2D eigenvalue weighted by molar-refractivity contribution is 5.40. The van der Waals surface area contributed by atoms with Crippen LogP contribution in [0, 0.1) is 5.92 Å². The monoisotopic (exact) mass is 263 g/mol. The lowest BCUT2D eigenvalue weighted by Gasteiger charge is -2.35. The maximum Gasteiger partial charge on any atom is 0.124 e. The third kappa shape index (κ3) is 1.50. The molecule has 19 heavy (non-hydrogen) atoms. The number of benzene rings is 1. The van der Waals surface area contributed by atoms with E-state index >= 15 is 0 Å². The minimum absolute atomic E-state index is 0.0442. The number of fused-ring (bicyclic) bond motifs is 5. The van der Waals surface area contributed by atoms with Gasteiger partial charge in [-0.15, -0.1) is 0 Å². The summed E-state index contributed by atoms with van der Waals surface area (Å²) < 4.78 is 19.6. The lowest BCUT2D eigenvalue weighted by Crippen LogP contribution is -2.42. The van der Waals surface area contributed by atoms with Crippen molar-refractivity contribution in [3.63, 3.8) is 0 Å². The second kappa shape index (κ2) is 3.93. The summed E-state index contributed by atoms with van der Waals surface area (Å²) in [6.45, 7) is 1.16. The molecule has 0 aromatic heterocycles. The van der Waals surface area contributed by atoms with Crippen LogP contribution in [0.15, 0.2) is 24.3 Å². The molecule has 0 radical (unpaired) electrons. The highest BCUT2D eigenvalue weighted by atomic mass is 19.1. The first kappa shape index (κ1) is 11.7. The molecular formula is C15H18FNO2. The van der Waals surface area contributed by atoms with E-state index in [-0.39, 0.29) is 18.2 Å². The van der Waals surface area contributed by atoms with Crippen LogP contribution in [-0.4, -0.2) is 41.5 Å². The van der Waals surface area contributed by atoms with Crippen LogP contribution in [0.2, 0.25) is 0 Å². The van der Waals surface area contributed by atoms with Gasteiger partial charge in [0.05, 0.1) is 13.2 Å². The second-order valence-corrected chi connectivity index (χ2v) is 6.09. The summed E-state index contributed by atoms with van der Waals surface area (Å²) in [6.07, 6.45) is 0.477. The van der Waals surface area contributed by atoms with E-state index in [4.69, 9.17) is 4.74 Å². The quantitative estimate of drug-likeness (QED) is 0.840. The number of ether oxygens (including phenoxy) is 1. The molecule has 0 aliphatic carbocycles. The van der Waals surface area contributed by atoms with Crippen LogP contribution < -0.4 is 4.74 Å². The van der Waals surface area contributed by atoms with E-state index in [1.54, 1.807) is 0 Å². The Kier molecular flexibility index (Phi) is 2.42. The van der Waals surface area contributed by atoms with Crippen LogP contribution in [0.4, 0.5) is 4.39 Å². The summed E-state index contributed by atoms with van der Waals surface area (Å²) >= 11 is 0. The average molecular weight is 263 g/mol. The Morgan fingerprint density at radius 3 is 3.05 bits per heavy atom. The minimum atomic E-state index is -0.817. The maximum atomic E-state index is 13.8. The summed E-state index contributed by atoms with van der Waals surface area (Å²) in [6, 6.07) is 8.23. The number of nitrogens with zero attached hydrogens (tertiary/aromatic N) is 1. The van der Waals surface area contributed by atoms with Gasteiger partial charge in [0.15, 0.2) is 0 Å². The number of aliphatic hydroxyl groups is 1. The maximum absolute atomic E-state index is 13.8. The third-order valence-corrected chi connectivity index (χ3v) is 5.01. The smallest absolute Gasteiger partial charge is 0.124 e. The van der Waals surface area contributed by atoms with Gasteiger partial charge in [-0.2, -0.15) is 0 Å². The van der Waals surface area contributed by atoms with E-state index in [1.165, 1.54) is 0 Å². The van der Waals surface area contributed by atoms with Crippen LogP contribution in [0.1, 0.15) is 24.4 Å². The second-order valence-electron chi connectivity index (χ2n) is 6.09. The predicted molar refractivity (Wildman–Crippen MR) is 68.8 cm³/mol. The van der Waals surface area contributed by atoms with Gasteiger partial charge >= 0.3 is 0 Å². The van der Waals surface area contributed by atoms with Gasteiger partial charge in [0.25, 0.3) is 0 Å². The number of rotatable bonds is 1. The van der Waals surface area contributed by atoms with Crippen molar-refractivity contribution in [2.75, 3.05) is 19.8 Å². The van der Waals surface area contributed by atoms with Crippen molar-refractivity contribution in [3.8, 4) is 5.75 Å². The highest BCUT2D eigenvalue weighted by Crippen LogP contribution is 2.55. The fourth-order valence-electron chi connectivity index (χ4n) is 4.31. The van der Waals surface area contributed by atoms with Crippen LogP contribution in [0.3, 0.4) is 0 Å². The van der Waals surface area contributed by atoms with Crippen molar-refractivity contribution >= 4 is 0 Å². The van der Waals surface area contributed by atoms with E-state index < -0.39 is 6.17 Å². The standard InChI is InChI=1S/C15H18FNO2/c16-11-6-15(9-18)5-10-8-19-13-4-2-1-3-12(13)14(10)17(15)7-11/h1-4,10-11,14,18H,5-9H2/t10?,11-,14?,15?/m0/s1. The molecule has 0 bridgehead atoms. The molecule has 4 heteroatoms. The molecule has 3 aliphatic rings. The van der Waals surface area contributed by atoms with Crippen molar-refractivity contribution in [2.45, 2.75) is 30.6 Å². The minimum Gasteiger partial charge on any atom is -0.493 e. The average Bonchev–Trinajstić information content (AvgIpc) is 2.90. The first-order valence-electron chi connectivity index (χ1n) is 6.97. The molecule has 2 saturated heterocycles. The van der Waals surface area contributed by atoms with Crippen molar-refractivity contribution in [3.05, 3.63) is 29.8 Å². The summed E-state index contributed by atoms with van der Waals surface area (Å²) in [5.41, 5.74) is 0.790. The SMILES string of the molecule is OCC12CC3COc4ccccc4C3N1C[C@@H](F)C2. The summed E-state index contributed by atoms with van der Waals surface area (Å²) in [4.78, 5) is 2.20. The molecule has 1 aromatic carbocycles. The van der Waals surface area contributed by atoms with Gasteiger partial charge in [0.2, 0.25) is 0 Å². The van der Waals surface area contributed by atoms with Crippen molar-refractivity contribution in [1.29, 1.82) is 0 Å². The van der Waals surface area contributed by atoms with Crippen molar-refractivity contribution in [2.24, 2.45) is 5.92 Å². The summed E-state index contributed by atoms with van der Waals surface area (Å²) in [5.74, 6) is 1.29. The highest BCUT2D eigenvalue weighted by Gasteiger charge is 2.58. The van der Waals surface area contributed by atoms with Crippen LogP contribution >= 0.6 is 0 Å². The van der Waals surface area contributed by atoms with Gasteiger partial charge in [-0.05, 0) is 12.5 Å². The largest absolute Gasteiger partial charge is 0.493 e. The van der Waals surface area contributed by atoms with Crippen LogP contribution in [-0.2, 0) is 0 Å². The van der Waals surface area contributed by atoms with Gasteiger partial charge in [-0.3, -0.25) is 4.90 Å². The Hall–Kier alpha value is -1.13. The first-order chi connectivity index (χ1) is 9.23. The van der Waals surface area contributed by atoms with E-state index in [0.717, 1.165) is 17.7 Å². The Bertz CT molecular complexity index is 509. The third-order valence-electron chi connectivity index (χ3n) is 5.01. The van der Waals surface area contributed by atoms with Gasteiger partial charge in [-0.1, -0.05) is 18.2 Å². The number of halogens is 1. The predicted octanol–water partition coefficient (Wildman–Crippen LogP) is 1.91. The lowest BCUT2D eigenvalue weighted by molar-refractivity contribution is 0.0719. The molecule has 1 aromatic rings. The molecule has 1 N–H and O–H groups in total. The fraction of sp³-hybridized carbons (Fsp3) is 0.600. The van der Waals surface area contributed by atoms with Crippen molar-refractivity contribution in [1.82, 2.24) is 4.90 Å². The summed E-state index contributed by atoms with van der Waals surface area (Å²) in [5, 5.41) is 9.79. The van der Waals surface area contributed by atoms with E-state index in [1.807, 2.05) is 18.2 Å². The van der Waals surface area contributed by atoms with E-state index in [9.17, 15) is 9.50 Å². The van der Waals surface area contributed by atoms with Gasteiger partial charge in [-0.25, -0.2) is 4.39 Å². The Labute approximate surface area is 112 Å². The fourth-order valence-corrected chi connectivity index (χ4v) is 4.31. The summed E-state index contributed by atoms with van der Waals surface area (Å²) in [7, 11) is 0. The zero-order chi connectivity index (χ0) is 13.0. The first-order valence-corrected chi connectivity index (χ1v) is 6.97. The van der Waals surface area contributed by atoms with E-state index in [2.05, 4.69) is 11.0 Å². The molecule has 3 nitrogen and oxygen atoms in total. The number of hydrogen-bond donors (Lipinski definition) is 1. The molecule has 0 saturated carbocycles. The lowest BCUT2D eigenvalue weighted by atomic mass is 9.86. The molecule has 2 fully saturated rings. The normalized spacial score (nSPS) is 40.4. The van der Waals surface area contributed by atoms with Crippen molar-refractivity contribution < 1.29 is 14.2 Å². The molecule has 4 rings (SSSR count). The number of aliphatic hydroxyl groups excluding tert-OH is 1. The Balaban J connectivity index is 1.79. The Morgan fingerprint density at radius 2 is 2.21 bits per heavy atom. The zero-order valence-corrected chi connectivity index (χ0v) is 10.8. The van der Waals surface area contributed by atoms with Crippen LogP contribution in [0.5, 0.6) is 5.75 Å².